The van der Waals surface area contributed by atoms with Crippen molar-refractivity contribution < 1.29 is 4.79 Å². The third-order valence-electron chi connectivity index (χ3n) is 6.45. The van der Waals surface area contributed by atoms with Crippen molar-refractivity contribution in [1.29, 1.82) is 0 Å². The Hall–Kier alpha value is -3.06. The van der Waals surface area contributed by atoms with Gasteiger partial charge in [-0.1, -0.05) is 30.3 Å². The summed E-state index contributed by atoms with van der Waals surface area (Å²) in [7, 11) is 0. The average molecular weight is 471 g/mol. The Balaban J connectivity index is 1.12. The fraction of sp³-hybridized carbons (Fsp3) is 0.286. The number of hydrogen-bond acceptors (Lipinski definition) is 5. The number of hydrogen-bond donors (Lipinski definition) is 1. The molecule has 4 aromatic rings. The van der Waals surface area contributed by atoms with Crippen LogP contribution in [0.25, 0.3) is 20.8 Å². The summed E-state index contributed by atoms with van der Waals surface area (Å²) in [6, 6.07) is 22.9. The van der Waals surface area contributed by atoms with E-state index in [1.54, 1.807) is 11.3 Å². The lowest BCUT2D eigenvalue weighted by atomic mass is 10.1. The number of thiazole rings is 1. The molecule has 2 heterocycles. The highest BCUT2D eigenvalue weighted by atomic mass is 32.1. The summed E-state index contributed by atoms with van der Waals surface area (Å²) in [5.41, 5.74) is 6.90. The van der Waals surface area contributed by atoms with E-state index in [4.69, 9.17) is 4.98 Å². The van der Waals surface area contributed by atoms with Crippen molar-refractivity contribution in [1.82, 2.24) is 14.8 Å². The molecule has 1 aliphatic rings. The summed E-state index contributed by atoms with van der Waals surface area (Å²) < 4.78 is 1.20. The quantitative estimate of drug-likeness (QED) is 0.413. The fourth-order valence-corrected chi connectivity index (χ4v) is 5.46. The molecule has 34 heavy (non-hydrogen) atoms. The van der Waals surface area contributed by atoms with Gasteiger partial charge in [-0.25, -0.2) is 4.98 Å². The molecule has 1 aliphatic heterocycles. The molecule has 0 aliphatic carbocycles. The zero-order valence-electron chi connectivity index (χ0n) is 19.8. The minimum Gasteiger partial charge on any atom is -0.325 e. The van der Waals surface area contributed by atoms with Crippen LogP contribution in [0.1, 0.15) is 16.7 Å². The monoisotopic (exact) mass is 470 g/mol. The molecule has 1 fully saturated rings. The number of benzene rings is 3. The highest BCUT2D eigenvalue weighted by Gasteiger charge is 2.19. The number of anilines is 1. The number of rotatable bonds is 6. The first-order valence-corrected chi connectivity index (χ1v) is 12.6. The number of amides is 1. The number of fused-ring (bicyclic) bond motifs is 1. The van der Waals surface area contributed by atoms with E-state index in [0.717, 1.165) is 54.5 Å². The Kier molecular flexibility index (Phi) is 6.72. The van der Waals surface area contributed by atoms with Crippen LogP contribution in [0.15, 0.2) is 66.7 Å². The van der Waals surface area contributed by atoms with Gasteiger partial charge >= 0.3 is 0 Å². The summed E-state index contributed by atoms with van der Waals surface area (Å²) in [4.78, 5) is 22.1. The van der Waals surface area contributed by atoms with Crippen LogP contribution in [0.5, 0.6) is 0 Å². The molecule has 5 nitrogen and oxygen atoms in total. The molecule has 5 rings (SSSR count). The van der Waals surface area contributed by atoms with Crippen LogP contribution in [0.2, 0.25) is 0 Å². The number of carbonyl (C=O) groups is 1. The van der Waals surface area contributed by atoms with Gasteiger partial charge in [0.2, 0.25) is 5.91 Å². The SMILES string of the molecule is Cc1ccc2nc(-c3ccc(NC(=O)CN4CCN(Cc5ccccc5C)CC4)cc3)sc2c1. The lowest BCUT2D eigenvalue weighted by Gasteiger charge is -2.34. The van der Waals surface area contributed by atoms with Gasteiger partial charge in [0.05, 0.1) is 16.8 Å². The van der Waals surface area contributed by atoms with Crippen LogP contribution in [0, 0.1) is 13.8 Å². The minimum absolute atomic E-state index is 0.0376. The van der Waals surface area contributed by atoms with Gasteiger partial charge in [-0.2, -0.15) is 0 Å². The third-order valence-corrected chi connectivity index (χ3v) is 7.51. The largest absolute Gasteiger partial charge is 0.325 e. The first-order valence-electron chi connectivity index (χ1n) is 11.8. The van der Waals surface area contributed by atoms with Crippen LogP contribution in [-0.2, 0) is 11.3 Å². The van der Waals surface area contributed by atoms with Crippen molar-refractivity contribution in [2.75, 3.05) is 38.0 Å². The Labute approximate surface area is 205 Å². The molecular formula is C28H30N4OS. The van der Waals surface area contributed by atoms with Crippen LogP contribution in [-0.4, -0.2) is 53.4 Å². The molecule has 0 spiro atoms. The van der Waals surface area contributed by atoms with Gasteiger partial charge in [-0.05, 0) is 66.9 Å². The van der Waals surface area contributed by atoms with Crippen molar-refractivity contribution in [2.45, 2.75) is 20.4 Å². The number of nitrogens with one attached hydrogen (secondary N) is 1. The summed E-state index contributed by atoms with van der Waals surface area (Å²) in [5.74, 6) is 0.0376. The number of aromatic nitrogens is 1. The smallest absolute Gasteiger partial charge is 0.238 e. The predicted molar refractivity (Wildman–Crippen MR) is 141 cm³/mol. The van der Waals surface area contributed by atoms with Crippen molar-refractivity contribution in [3.05, 3.63) is 83.4 Å². The normalized spacial score (nSPS) is 15.0. The van der Waals surface area contributed by atoms with Crippen LogP contribution >= 0.6 is 11.3 Å². The molecular weight excluding hydrogens is 440 g/mol. The zero-order valence-corrected chi connectivity index (χ0v) is 20.6. The molecule has 0 bridgehead atoms. The lowest BCUT2D eigenvalue weighted by molar-refractivity contribution is -0.117. The Morgan fingerprint density at radius 2 is 1.68 bits per heavy atom. The third kappa shape index (κ3) is 5.36. The standard InChI is InChI=1S/C28H30N4OS/c1-20-7-12-25-26(17-20)34-28(30-25)22-8-10-24(11-9-22)29-27(33)19-32-15-13-31(14-16-32)18-23-6-4-3-5-21(23)2/h3-12,17H,13-16,18-19H2,1-2H3,(H,29,33). The van der Waals surface area contributed by atoms with E-state index in [-0.39, 0.29) is 5.91 Å². The molecule has 6 heteroatoms. The minimum atomic E-state index is 0.0376. The summed E-state index contributed by atoms with van der Waals surface area (Å²) in [6.45, 7) is 9.47. The predicted octanol–water partition coefficient (Wildman–Crippen LogP) is 5.34. The van der Waals surface area contributed by atoms with Gasteiger partial charge in [0.1, 0.15) is 5.01 Å². The van der Waals surface area contributed by atoms with Gasteiger partial charge in [0.25, 0.3) is 0 Å². The second-order valence-corrected chi connectivity index (χ2v) is 10.1. The Bertz CT molecular complexity index is 1290. The lowest BCUT2D eigenvalue weighted by Crippen LogP contribution is -2.48. The maximum atomic E-state index is 12.6. The molecule has 0 unspecified atom stereocenters. The Morgan fingerprint density at radius 3 is 2.44 bits per heavy atom. The highest BCUT2D eigenvalue weighted by Crippen LogP contribution is 2.31. The molecule has 0 atom stereocenters. The van der Waals surface area contributed by atoms with Gasteiger partial charge in [0, 0.05) is 44.0 Å². The van der Waals surface area contributed by atoms with Crippen molar-refractivity contribution in [2.24, 2.45) is 0 Å². The van der Waals surface area contributed by atoms with E-state index < -0.39 is 0 Å². The molecule has 3 aromatic carbocycles. The topological polar surface area (TPSA) is 48.5 Å². The maximum Gasteiger partial charge on any atom is 0.238 e. The van der Waals surface area contributed by atoms with Crippen molar-refractivity contribution >= 4 is 33.1 Å². The van der Waals surface area contributed by atoms with E-state index in [1.807, 2.05) is 24.3 Å². The van der Waals surface area contributed by atoms with Gasteiger partial charge in [-0.3, -0.25) is 14.6 Å². The van der Waals surface area contributed by atoms with Gasteiger partial charge < -0.3 is 5.32 Å². The number of aryl methyl sites for hydroxylation is 2. The van der Waals surface area contributed by atoms with Gasteiger partial charge in [0.15, 0.2) is 0 Å². The van der Waals surface area contributed by atoms with Crippen molar-refractivity contribution in [3.8, 4) is 10.6 Å². The number of carbonyl (C=O) groups excluding carboxylic acids is 1. The van der Waals surface area contributed by atoms with E-state index in [9.17, 15) is 4.79 Å². The summed E-state index contributed by atoms with van der Waals surface area (Å²) in [6.07, 6.45) is 0. The first-order chi connectivity index (χ1) is 16.5. The van der Waals surface area contributed by atoms with Crippen LogP contribution in [0.3, 0.4) is 0 Å². The second kappa shape index (κ2) is 10.1. The van der Waals surface area contributed by atoms with E-state index in [2.05, 4.69) is 71.4 Å². The maximum absolute atomic E-state index is 12.6. The molecule has 1 amide bonds. The summed E-state index contributed by atoms with van der Waals surface area (Å²) in [5, 5.41) is 4.05. The average Bonchev–Trinajstić information content (AvgIpc) is 3.25. The van der Waals surface area contributed by atoms with E-state index in [1.165, 1.54) is 21.4 Å². The molecule has 174 valence electrons. The summed E-state index contributed by atoms with van der Waals surface area (Å²) >= 11 is 1.70. The molecule has 0 saturated carbocycles. The highest BCUT2D eigenvalue weighted by molar-refractivity contribution is 7.21. The molecule has 1 aromatic heterocycles. The van der Waals surface area contributed by atoms with Gasteiger partial charge in [-0.15, -0.1) is 11.3 Å². The molecule has 0 radical (unpaired) electrons. The second-order valence-electron chi connectivity index (χ2n) is 9.09. The fourth-order valence-electron chi connectivity index (χ4n) is 4.39. The molecule has 1 N–H and O–H groups in total. The zero-order chi connectivity index (χ0) is 23.5. The molecule has 1 saturated heterocycles. The first kappa shape index (κ1) is 22.7. The van der Waals surface area contributed by atoms with Crippen molar-refractivity contribution in [3.63, 3.8) is 0 Å². The number of piperazine rings is 1. The van der Waals surface area contributed by atoms with Crippen LogP contribution < -0.4 is 5.32 Å². The van der Waals surface area contributed by atoms with Crippen LogP contribution in [0.4, 0.5) is 5.69 Å². The number of nitrogens with zero attached hydrogens (tertiary/aromatic N) is 3. The van der Waals surface area contributed by atoms with E-state index in [0.29, 0.717) is 6.54 Å². The van der Waals surface area contributed by atoms with E-state index >= 15 is 0 Å². The Morgan fingerprint density at radius 1 is 0.941 bits per heavy atom.